The van der Waals surface area contributed by atoms with Crippen molar-refractivity contribution >= 4 is 11.8 Å². The number of nitrogens with zero attached hydrogens (tertiary/aromatic N) is 4. The summed E-state index contributed by atoms with van der Waals surface area (Å²) in [6.45, 7) is 6.52. The second kappa shape index (κ2) is 7.97. The number of ether oxygens (including phenoxy) is 1. The Kier molecular flexibility index (Phi) is 5.70. The van der Waals surface area contributed by atoms with Gasteiger partial charge in [-0.1, -0.05) is 0 Å². The summed E-state index contributed by atoms with van der Waals surface area (Å²) >= 11 is 0. The summed E-state index contributed by atoms with van der Waals surface area (Å²) in [6.07, 6.45) is 5.26. The fraction of sp³-hybridized carbons (Fsp3) is 0.706. The van der Waals surface area contributed by atoms with Crippen LogP contribution in [-0.2, 0) is 16.1 Å². The van der Waals surface area contributed by atoms with E-state index < -0.39 is 0 Å². The first kappa shape index (κ1) is 17.9. The summed E-state index contributed by atoms with van der Waals surface area (Å²) in [5.74, 6) is -0.781. The molecule has 0 spiro atoms. The quantitative estimate of drug-likeness (QED) is 0.822. The fourth-order valence-electron chi connectivity index (χ4n) is 3.61. The first-order valence-electron chi connectivity index (χ1n) is 9.01. The molecule has 1 atom stereocenters. The van der Waals surface area contributed by atoms with E-state index in [4.69, 9.17) is 10.5 Å². The van der Waals surface area contributed by atoms with Crippen LogP contribution in [0.3, 0.4) is 0 Å². The Bertz CT molecular complexity index is 611. The molecule has 0 unspecified atom stereocenters. The van der Waals surface area contributed by atoms with Gasteiger partial charge in [-0.05, 0) is 19.8 Å². The van der Waals surface area contributed by atoms with E-state index in [-0.39, 0.29) is 17.7 Å². The van der Waals surface area contributed by atoms with Crippen LogP contribution >= 0.6 is 0 Å². The number of aryl methyl sites for hydroxylation is 1. The van der Waals surface area contributed by atoms with Crippen molar-refractivity contribution in [3.8, 4) is 0 Å². The minimum atomic E-state index is -0.351. The zero-order valence-corrected chi connectivity index (χ0v) is 14.8. The third kappa shape index (κ3) is 4.19. The summed E-state index contributed by atoms with van der Waals surface area (Å²) in [7, 11) is 0. The molecule has 3 rings (SSSR count). The Balaban J connectivity index is 1.72. The highest BCUT2D eigenvalue weighted by Gasteiger charge is 2.33. The molecule has 0 aromatic carbocycles. The molecule has 2 saturated heterocycles. The molecule has 138 valence electrons. The van der Waals surface area contributed by atoms with Gasteiger partial charge in [0.25, 0.3) is 5.91 Å². The van der Waals surface area contributed by atoms with Crippen molar-refractivity contribution in [2.45, 2.75) is 32.4 Å². The lowest BCUT2D eigenvalue weighted by atomic mass is 10.0. The average molecular weight is 349 g/mol. The standard InChI is InChI=1S/C17H27N5O3/c1-2-22-12-13(9-19-22)17(24)21-6-5-20(10-14(11-21)16(18)23)15-3-7-25-8-4-15/h9,12,14-15H,2-8,10-11H2,1H3,(H2,18,23)/t14-/m1/s1. The highest BCUT2D eigenvalue weighted by atomic mass is 16.5. The number of hydrogen-bond donors (Lipinski definition) is 1. The highest BCUT2D eigenvalue weighted by molar-refractivity contribution is 5.94. The molecule has 8 heteroatoms. The molecule has 0 saturated carbocycles. The van der Waals surface area contributed by atoms with Gasteiger partial charge < -0.3 is 15.4 Å². The van der Waals surface area contributed by atoms with Gasteiger partial charge in [-0.2, -0.15) is 5.10 Å². The van der Waals surface area contributed by atoms with E-state index in [1.54, 1.807) is 22.0 Å². The second-order valence-corrected chi connectivity index (χ2v) is 6.77. The molecular formula is C17H27N5O3. The van der Waals surface area contributed by atoms with Gasteiger partial charge in [0.1, 0.15) is 0 Å². The second-order valence-electron chi connectivity index (χ2n) is 6.77. The smallest absolute Gasteiger partial charge is 0.257 e. The SMILES string of the molecule is CCn1cc(C(=O)N2CCN(C3CCOCC3)C[C@@H](C(N)=O)C2)cn1. The van der Waals surface area contributed by atoms with Gasteiger partial charge in [-0.25, -0.2) is 0 Å². The zero-order valence-electron chi connectivity index (χ0n) is 14.8. The van der Waals surface area contributed by atoms with E-state index in [0.717, 1.165) is 32.6 Å². The molecule has 2 amide bonds. The van der Waals surface area contributed by atoms with Crippen LogP contribution in [0.15, 0.2) is 12.4 Å². The lowest BCUT2D eigenvalue weighted by Crippen LogP contribution is -2.44. The maximum Gasteiger partial charge on any atom is 0.257 e. The van der Waals surface area contributed by atoms with Crippen LogP contribution in [0.5, 0.6) is 0 Å². The lowest BCUT2D eigenvalue weighted by Gasteiger charge is -2.34. The molecule has 0 radical (unpaired) electrons. The van der Waals surface area contributed by atoms with E-state index in [2.05, 4.69) is 10.00 Å². The Labute approximate surface area is 147 Å². The Morgan fingerprint density at radius 2 is 2.04 bits per heavy atom. The summed E-state index contributed by atoms with van der Waals surface area (Å²) in [4.78, 5) is 28.8. The van der Waals surface area contributed by atoms with E-state index in [9.17, 15) is 9.59 Å². The normalized spacial score (nSPS) is 23.4. The van der Waals surface area contributed by atoms with Crippen LogP contribution in [0.1, 0.15) is 30.1 Å². The molecule has 2 aliphatic rings. The van der Waals surface area contributed by atoms with Crippen molar-refractivity contribution in [2.75, 3.05) is 39.4 Å². The van der Waals surface area contributed by atoms with Crippen LogP contribution in [0.25, 0.3) is 0 Å². The van der Waals surface area contributed by atoms with E-state index in [1.165, 1.54) is 0 Å². The minimum absolute atomic E-state index is 0.0835. The molecule has 0 bridgehead atoms. The maximum atomic E-state index is 12.8. The number of carbonyl (C=O) groups is 2. The lowest BCUT2D eigenvalue weighted by molar-refractivity contribution is -0.122. The number of amides is 2. The van der Waals surface area contributed by atoms with Crippen LogP contribution in [0, 0.1) is 5.92 Å². The Morgan fingerprint density at radius 1 is 1.28 bits per heavy atom. The third-order valence-corrected chi connectivity index (χ3v) is 5.15. The van der Waals surface area contributed by atoms with Gasteiger partial charge in [0, 0.05) is 58.2 Å². The first-order valence-corrected chi connectivity index (χ1v) is 9.01. The van der Waals surface area contributed by atoms with Gasteiger partial charge in [-0.3, -0.25) is 19.2 Å². The van der Waals surface area contributed by atoms with E-state index in [0.29, 0.717) is 37.8 Å². The molecule has 25 heavy (non-hydrogen) atoms. The predicted molar refractivity (Wildman–Crippen MR) is 91.9 cm³/mol. The van der Waals surface area contributed by atoms with Crippen molar-refractivity contribution < 1.29 is 14.3 Å². The van der Waals surface area contributed by atoms with Crippen LogP contribution < -0.4 is 5.73 Å². The van der Waals surface area contributed by atoms with Crippen LogP contribution in [-0.4, -0.2) is 76.8 Å². The Morgan fingerprint density at radius 3 is 2.68 bits per heavy atom. The fourth-order valence-corrected chi connectivity index (χ4v) is 3.61. The predicted octanol–water partition coefficient (Wildman–Crippen LogP) is -0.0587. The monoisotopic (exact) mass is 349 g/mol. The van der Waals surface area contributed by atoms with E-state index in [1.807, 2.05) is 6.92 Å². The number of aromatic nitrogens is 2. The third-order valence-electron chi connectivity index (χ3n) is 5.15. The molecule has 1 aromatic rings. The number of nitrogens with two attached hydrogens (primary N) is 1. The Hall–Kier alpha value is -1.93. The molecule has 2 aliphatic heterocycles. The molecule has 3 heterocycles. The van der Waals surface area contributed by atoms with Crippen LogP contribution in [0.2, 0.25) is 0 Å². The van der Waals surface area contributed by atoms with Crippen molar-refractivity contribution in [2.24, 2.45) is 11.7 Å². The molecule has 1 aromatic heterocycles. The topological polar surface area (TPSA) is 93.7 Å². The highest BCUT2D eigenvalue weighted by Crippen LogP contribution is 2.20. The largest absolute Gasteiger partial charge is 0.381 e. The molecular weight excluding hydrogens is 322 g/mol. The summed E-state index contributed by atoms with van der Waals surface area (Å²) in [5.41, 5.74) is 6.17. The van der Waals surface area contributed by atoms with Gasteiger partial charge >= 0.3 is 0 Å². The van der Waals surface area contributed by atoms with Gasteiger partial charge in [0.05, 0.1) is 17.7 Å². The summed E-state index contributed by atoms with van der Waals surface area (Å²) in [6, 6.07) is 0.397. The molecule has 2 N–H and O–H groups in total. The number of rotatable bonds is 4. The van der Waals surface area contributed by atoms with E-state index >= 15 is 0 Å². The van der Waals surface area contributed by atoms with Crippen molar-refractivity contribution in [1.82, 2.24) is 19.6 Å². The van der Waals surface area contributed by atoms with Gasteiger partial charge in [-0.15, -0.1) is 0 Å². The molecule has 0 aliphatic carbocycles. The number of carbonyl (C=O) groups excluding carboxylic acids is 2. The first-order chi connectivity index (χ1) is 12.1. The molecule has 8 nitrogen and oxygen atoms in total. The number of hydrogen-bond acceptors (Lipinski definition) is 5. The van der Waals surface area contributed by atoms with Crippen molar-refractivity contribution in [3.63, 3.8) is 0 Å². The average Bonchev–Trinajstić information content (AvgIpc) is 3.00. The van der Waals surface area contributed by atoms with Gasteiger partial charge in [0.15, 0.2) is 0 Å². The van der Waals surface area contributed by atoms with Crippen LogP contribution in [0.4, 0.5) is 0 Å². The van der Waals surface area contributed by atoms with Gasteiger partial charge in [0.2, 0.25) is 5.91 Å². The van der Waals surface area contributed by atoms with Crippen molar-refractivity contribution in [3.05, 3.63) is 18.0 Å². The number of primary amides is 1. The zero-order chi connectivity index (χ0) is 17.8. The molecule has 2 fully saturated rings. The van der Waals surface area contributed by atoms with Crippen molar-refractivity contribution in [1.29, 1.82) is 0 Å². The summed E-state index contributed by atoms with van der Waals surface area (Å²) in [5, 5.41) is 4.17. The maximum absolute atomic E-state index is 12.8. The minimum Gasteiger partial charge on any atom is -0.381 e. The summed E-state index contributed by atoms with van der Waals surface area (Å²) < 4.78 is 7.16.